The van der Waals surface area contributed by atoms with E-state index in [9.17, 15) is 4.79 Å². The van der Waals surface area contributed by atoms with E-state index in [0.717, 1.165) is 25.9 Å². The van der Waals surface area contributed by atoms with Crippen molar-refractivity contribution in [3.8, 4) is 0 Å². The number of rotatable bonds is 1. The Balaban J connectivity index is 2.27. The van der Waals surface area contributed by atoms with Gasteiger partial charge in [0.25, 0.3) is 6.01 Å². The molecule has 1 aliphatic heterocycles. The highest BCUT2D eigenvalue weighted by molar-refractivity contribution is 5.25. The fourth-order valence-corrected chi connectivity index (χ4v) is 1.37. The van der Waals surface area contributed by atoms with E-state index < -0.39 is 0 Å². The first-order chi connectivity index (χ1) is 5.86. The lowest BCUT2D eigenvalue weighted by atomic mass is 10.4. The van der Waals surface area contributed by atoms with E-state index in [0.29, 0.717) is 6.01 Å². The number of nitrogens with zero attached hydrogens (tertiary/aromatic N) is 2. The minimum absolute atomic E-state index is 0.327. The second-order valence-electron chi connectivity index (χ2n) is 2.84. The monoisotopic (exact) mass is 166 g/mol. The van der Waals surface area contributed by atoms with Crippen LogP contribution in [0, 0.1) is 0 Å². The second-order valence-corrected chi connectivity index (χ2v) is 2.84. The third-order valence-corrected chi connectivity index (χ3v) is 1.96. The molecule has 0 aliphatic carbocycles. The molecule has 0 saturated carbocycles. The maximum atomic E-state index is 10.8. The van der Waals surface area contributed by atoms with Gasteiger partial charge in [0.15, 0.2) is 0 Å². The topological polar surface area (TPSA) is 46.3 Å². The Kier molecular flexibility index (Phi) is 1.81. The van der Waals surface area contributed by atoms with Crippen LogP contribution in [0.1, 0.15) is 12.8 Å². The van der Waals surface area contributed by atoms with Crippen LogP contribution in [0.3, 0.4) is 0 Å². The first-order valence-corrected chi connectivity index (χ1v) is 4.07. The minimum Gasteiger partial charge on any atom is -0.389 e. The Bertz CT molecular complexity index is 315. The van der Waals surface area contributed by atoms with Gasteiger partial charge in [-0.05, 0) is 12.8 Å². The van der Waals surface area contributed by atoms with Gasteiger partial charge in [0.05, 0.1) is 0 Å². The lowest BCUT2D eigenvalue weighted by Gasteiger charge is -2.12. The number of hydrogen-bond donors (Lipinski definition) is 0. The summed E-state index contributed by atoms with van der Waals surface area (Å²) in [5.41, 5.74) is -0.327. The maximum Gasteiger partial charge on any atom is 0.340 e. The van der Waals surface area contributed by atoms with E-state index in [2.05, 4.69) is 4.98 Å². The molecular weight excluding hydrogens is 156 g/mol. The molecule has 1 saturated heterocycles. The zero-order valence-electron chi connectivity index (χ0n) is 6.69. The van der Waals surface area contributed by atoms with Gasteiger partial charge in [0.1, 0.15) is 0 Å². The summed E-state index contributed by atoms with van der Waals surface area (Å²) in [6.07, 6.45) is 3.79. The molecule has 0 unspecified atom stereocenters. The molecule has 0 atom stereocenters. The number of anilines is 1. The third-order valence-electron chi connectivity index (χ3n) is 1.96. The predicted octanol–water partition coefficient (Wildman–Crippen LogP) is 0.635. The summed E-state index contributed by atoms with van der Waals surface area (Å²) in [7, 11) is 0. The summed E-state index contributed by atoms with van der Waals surface area (Å²) in [6, 6.07) is 1.78. The van der Waals surface area contributed by atoms with Gasteiger partial charge in [-0.15, -0.1) is 0 Å². The van der Waals surface area contributed by atoms with Crippen LogP contribution in [0.5, 0.6) is 0 Å². The molecule has 0 radical (unpaired) electrons. The van der Waals surface area contributed by atoms with Crippen molar-refractivity contribution in [2.45, 2.75) is 12.8 Å². The Hall–Kier alpha value is -1.32. The van der Waals surface area contributed by atoms with Gasteiger partial charge < -0.3 is 9.32 Å². The summed E-state index contributed by atoms with van der Waals surface area (Å²) in [5.74, 6) is 0. The molecule has 0 aromatic carbocycles. The summed E-state index contributed by atoms with van der Waals surface area (Å²) >= 11 is 0. The average molecular weight is 166 g/mol. The Morgan fingerprint density at radius 1 is 1.42 bits per heavy atom. The van der Waals surface area contributed by atoms with Crippen molar-refractivity contribution in [3.63, 3.8) is 0 Å². The largest absolute Gasteiger partial charge is 0.389 e. The molecule has 4 nitrogen and oxygen atoms in total. The molecule has 0 spiro atoms. The van der Waals surface area contributed by atoms with Crippen molar-refractivity contribution in [1.82, 2.24) is 4.98 Å². The summed E-state index contributed by atoms with van der Waals surface area (Å²) in [6.45, 7) is 1.89. The maximum absolute atomic E-state index is 10.8. The zero-order valence-corrected chi connectivity index (χ0v) is 6.69. The molecule has 0 bridgehead atoms. The molecule has 1 aromatic rings. The van der Waals surface area contributed by atoms with Gasteiger partial charge >= 0.3 is 5.63 Å². The molecule has 2 heterocycles. The lowest BCUT2D eigenvalue weighted by Crippen LogP contribution is -2.20. The Labute approximate surface area is 69.8 Å². The fourth-order valence-electron chi connectivity index (χ4n) is 1.37. The van der Waals surface area contributed by atoms with Crippen LogP contribution in [0.25, 0.3) is 0 Å². The van der Waals surface area contributed by atoms with Crippen molar-refractivity contribution in [3.05, 3.63) is 22.7 Å². The van der Waals surface area contributed by atoms with Crippen molar-refractivity contribution in [2.24, 2.45) is 0 Å². The van der Waals surface area contributed by atoms with Crippen molar-refractivity contribution in [1.29, 1.82) is 0 Å². The molecule has 0 N–H and O–H groups in total. The number of aromatic nitrogens is 1. The average Bonchev–Trinajstić information content (AvgIpc) is 2.56. The third kappa shape index (κ3) is 1.32. The quantitative estimate of drug-likeness (QED) is 0.614. The van der Waals surface area contributed by atoms with Gasteiger partial charge in [0, 0.05) is 25.4 Å². The molecular formula is C8H10N2O2. The van der Waals surface area contributed by atoms with E-state index in [-0.39, 0.29) is 5.63 Å². The second kappa shape index (κ2) is 2.97. The molecule has 12 heavy (non-hydrogen) atoms. The first kappa shape index (κ1) is 7.34. The van der Waals surface area contributed by atoms with Gasteiger partial charge in [0.2, 0.25) is 0 Å². The molecule has 64 valence electrons. The summed E-state index contributed by atoms with van der Waals surface area (Å²) in [5, 5.41) is 0. The van der Waals surface area contributed by atoms with Gasteiger partial charge in [-0.1, -0.05) is 0 Å². The van der Waals surface area contributed by atoms with Crippen LogP contribution < -0.4 is 10.5 Å². The van der Waals surface area contributed by atoms with Crippen LogP contribution in [-0.2, 0) is 0 Å². The van der Waals surface area contributed by atoms with Crippen LogP contribution in [0.4, 0.5) is 6.01 Å². The van der Waals surface area contributed by atoms with Gasteiger partial charge in [-0.2, -0.15) is 0 Å². The molecule has 1 aromatic heterocycles. The van der Waals surface area contributed by atoms with Gasteiger partial charge in [-0.25, -0.2) is 9.78 Å². The highest BCUT2D eigenvalue weighted by Crippen LogP contribution is 2.14. The minimum atomic E-state index is -0.327. The molecule has 1 fully saturated rings. The van der Waals surface area contributed by atoms with E-state index >= 15 is 0 Å². The first-order valence-electron chi connectivity index (χ1n) is 4.07. The van der Waals surface area contributed by atoms with Gasteiger partial charge in [-0.3, -0.25) is 0 Å². The SMILES string of the molecule is O=c1ccnc(N2CCCC2)o1. The van der Waals surface area contributed by atoms with Crippen molar-refractivity contribution in [2.75, 3.05) is 18.0 Å². The van der Waals surface area contributed by atoms with Crippen LogP contribution >= 0.6 is 0 Å². The standard InChI is InChI=1S/C8H10N2O2/c11-7-3-4-9-8(12-7)10-5-1-2-6-10/h3-4H,1-2,5-6H2. The van der Waals surface area contributed by atoms with Crippen LogP contribution in [0.15, 0.2) is 21.5 Å². The van der Waals surface area contributed by atoms with E-state index in [4.69, 9.17) is 4.42 Å². The smallest absolute Gasteiger partial charge is 0.340 e. The zero-order chi connectivity index (χ0) is 8.39. The number of hydrogen-bond acceptors (Lipinski definition) is 4. The van der Waals surface area contributed by atoms with Crippen LogP contribution in [0.2, 0.25) is 0 Å². The lowest BCUT2D eigenvalue weighted by molar-refractivity contribution is 0.485. The van der Waals surface area contributed by atoms with E-state index in [1.54, 1.807) is 0 Å². The molecule has 2 rings (SSSR count). The predicted molar refractivity (Wildman–Crippen MR) is 44.2 cm³/mol. The molecule has 1 aliphatic rings. The Morgan fingerprint density at radius 3 is 2.83 bits per heavy atom. The fraction of sp³-hybridized carbons (Fsp3) is 0.500. The highest BCUT2D eigenvalue weighted by Gasteiger charge is 2.15. The summed E-state index contributed by atoms with van der Waals surface area (Å²) < 4.78 is 4.92. The molecule has 0 amide bonds. The summed E-state index contributed by atoms with van der Waals surface area (Å²) in [4.78, 5) is 16.8. The van der Waals surface area contributed by atoms with Crippen molar-refractivity contribution >= 4 is 6.01 Å². The van der Waals surface area contributed by atoms with Crippen LogP contribution in [-0.4, -0.2) is 18.1 Å². The van der Waals surface area contributed by atoms with E-state index in [1.165, 1.54) is 12.3 Å². The Morgan fingerprint density at radius 2 is 2.17 bits per heavy atom. The highest BCUT2D eigenvalue weighted by atomic mass is 16.4. The van der Waals surface area contributed by atoms with Crippen molar-refractivity contribution < 1.29 is 4.42 Å². The normalized spacial score (nSPS) is 16.8. The molecule has 4 heteroatoms. The van der Waals surface area contributed by atoms with E-state index in [1.807, 2.05) is 4.90 Å².